The van der Waals surface area contributed by atoms with Crippen LogP contribution in [-0.2, 0) is 7.05 Å². The highest BCUT2D eigenvalue weighted by molar-refractivity contribution is 7.99. The van der Waals surface area contributed by atoms with Crippen LogP contribution in [0, 0.1) is 6.92 Å². The Kier molecular flexibility index (Phi) is 4.65. The van der Waals surface area contributed by atoms with E-state index in [-0.39, 0.29) is 5.78 Å². The van der Waals surface area contributed by atoms with Crippen LogP contribution in [0.15, 0.2) is 35.4 Å². The summed E-state index contributed by atoms with van der Waals surface area (Å²) in [6, 6.07) is 9.92. The Morgan fingerprint density at radius 1 is 1.30 bits per heavy atom. The Hall–Kier alpha value is -1.55. The molecule has 0 amide bonds. The first kappa shape index (κ1) is 14.9. The molecule has 2 rings (SSSR count). The van der Waals surface area contributed by atoms with Gasteiger partial charge < -0.3 is 0 Å². The molecule has 0 aliphatic carbocycles. The van der Waals surface area contributed by atoms with E-state index in [1.54, 1.807) is 0 Å². The van der Waals surface area contributed by atoms with Gasteiger partial charge in [-0.05, 0) is 24.5 Å². The topological polar surface area (TPSA) is 34.9 Å². The zero-order valence-electron chi connectivity index (χ0n) is 12.4. The van der Waals surface area contributed by atoms with Crippen molar-refractivity contribution in [2.24, 2.45) is 7.05 Å². The van der Waals surface area contributed by atoms with Gasteiger partial charge in [0.1, 0.15) is 0 Å². The van der Waals surface area contributed by atoms with Gasteiger partial charge in [0.25, 0.3) is 0 Å². The molecule has 0 aliphatic heterocycles. The minimum Gasteiger partial charge on any atom is -0.293 e. The third-order valence-electron chi connectivity index (χ3n) is 3.21. The summed E-state index contributed by atoms with van der Waals surface area (Å²) in [6.45, 7) is 6.26. The minimum atomic E-state index is 0.157. The van der Waals surface area contributed by atoms with Crippen LogP contribution in [-0.4, -0.2) is 21.3 Å². The van der Waals surface area contributed by atoms with Crippen molar-refractivity contribution in [3.05, 3.63) is 47.2 Å². The monoisotopic (exact) mass is 288 g/mol. The van der Waals surface area contributed by atoms with Crippen molar-refractivity contribution in [1.82, 2.24) is 9.78 Å². The molecule has 106 valence electrons. The number of carbonyl (C=O) groups excluding carboxylic acids is 1. The van der Waals surface area contributed by atoms with E-state index in [4.69, 9.17) is 0 Å². The highest BCUT2D eigenvalue weighted by Crippen LogP contribution is 2.20. The van der Waals surface area contributed by atoms with Gasteiger partial charge in [0.05, 0.1) is 16.5 Å². The first-order valence-corrected chi connectivity index (χ1v) is 7.72. The molecule has 1 heterocycles. The number of thioether (sulfide) groups is 1. The maximum atomic E-state index is 12.2. The molecular formula is C16H20N2OS. The first-order valence-electron chi connectivity index (χ1n) is 6.74. The van der Waals surface area contributed by atoms with Gasteiger partial charge in [-0.1, -0.05) is 49.9 Å². The Morgan fingerprint density at radius 3 is 2.45 bits per heavy atom. The fourth-order valence-corrected chi connectivity index (χ4v) is 2.93. The van der Waals surface area contributed by atoms with Gasteiger partial charge >= 0.3 is 0 Å². The largest absolute Gasteiger partial charge is 0.293 e. The third-order valence-corrected chi connectivity index (χ3v) is 4.29. The second-order valence-corrected chi connectivity index (χ2v) is 6.23. The molecule has 0 saturated carbocycles. The van der Waals surface area contributed by atoms with E-state index in [1.165, 1.54) is 17.3 Å². The average Bonchev–Trinajstić information content (AvgIpc) is 2.74. The molecule has 20 heavy (non-hydrogen) atoms. The molecule has 0 spiro atoms. The van der Waals surface area contributed by atoms with Crippen LogP contribution in [0.25, 0.3) is 0 Å². The van der Waals surface area contributed by atoms with Gasteiger partial charge in [-0.3, -0.25) is 9.48 Å². The number of aryl methyl sites for hydroxylation is 2. The maximum Gasteiger partial charge on any atom is 0.173 e. The number of Topliss-reactive ketones (excluding diaryl/α,β-unsaturated/α-hetero) is 1. The van der Waals surface area contributed by atoms with E-state index in [2.05, 4.69) is 18.9 Å². The van der Waals surface area contributed by atoms with Crippen molar-refractivity contribution in [2.75, 3.05) is 5.75 Å². The van der Waals surface area contributed by atoms with Crippen molar-refractivity contribution >= 4 is 17.5 Å². The molecule has 1 aromatic carbocycles. The number of hydrogen-bond donors (Lipinski definition) is 0. The van der Waals surface area contributed by atoms with Crippen molar-refractivity contribution < 1.29 is 4.79 Å². The zero-order chi connectivity index (χ0) is 14.7. The van der Waals surface area contributed by atoms with Crippen LogP contribution < -0.4 is 0 Å². The molecule has 0 saturated heterocycles. The van der Waals surface area contributed by atoms with Crippen molar-refractivity contribution in [1.29, 1.82) is 0 Å². The Morgan fingerprint density at radius 2 is 1.95 bits per heavy atom. The van der Waals surface area contributed by atoms with E-state index >= 15 is 0 Å². The molecule has 1 aromatic heterocycles. The molecule has 0 bridgehead atoms. The standard InChI is InChI=1S/C16H20N2OS/c1-11(2)13-5-7-14(8-6-13)15(19)10-20-16-9-12(3)17-18(16)4/h5-9,11H,10H2,1-4H3. The second kappa shape index (κ2) is 6.27. The molecular weight excluding hydrogens is 268 g/mol. The normalized spacial score (nSPS) is 11.1. The SMILES string of the molecule is Cc1cc(SCC(=O)c2ccc(C(C)C)cc2)n(C)n1. The summed E-state index contributed by atoms with van der Waals surface area (Å²) < 4.78 is 1.81. The summed E-state index contributed by atoms with van der Waals surface area (Å²) in [5.41, 5.74) is 3.01. The lowest BCUT2D eigenvalue weighted by atomic mass is 10.0. The quantitative estimate of drug-likeness (QED) is 0.619. The third kappa shape index (κ3) is 3.51. The number of nitrogens with zero attached hydrogens (tertiary/aromatic N) is 2. The van der Waals surface area contributed by atoms with Crippen LogP contribution in [0.1, 0.15) is 41.4 Å². The number of aromatic nitrogens is 2. The van der Waals surface area contributed by atoms with Gasteiger partial charge in [0.2, 0.25) is 0 Å². The van der Waals surface area contributed by atoms with Gasteiger partial charge in [-0.25, -0.2) is 0 Å². The predicted octanol–water partition coefficient (Wildman–Crippen LogP) is 3.83. The van der Waals surface area contributed by atoms with Crippen LogP contribution >= 0.6 is 11.8 Å². The lowest BCUT2D eigenvalue weighted by Gasteiger charge is -2.06. The number of carbonyl (C=O) groups is 1. The lowest BCUT2D eigenvalue weighted by Crippen LogP contribution is -2.04. The highest BCUT2D eigenvalue weighted by Gasteiger charge is 2.10. The number of ketones is 1. The van der Waals surface area contributed by atoms with Crippen molar-refractivity contribution in [3.8, 4) is 0 Å². The summed E-state index contributed by atoms with van der Waals surface area (Å²) in [7, 11) is 1.90. The zero-order valence-corrected chi connectivity index (χ0v) is 13.2. The fourth-order valence-electron chi connectivity index (χ4n) is 2.00. The molecule has 0 radical (unpaired) electrons. The number of benzene rings is 1. The highest BCUT2D eigenvalue weighted by atomic mass is 32.2. The van der Waals surface area contributed by atoms with E-state index in [0.717, 1.165) is 16.3 Å². The fraction of sp³-hybridized carbons (Fsp3) is 0.375. The van der Waals surface area contributed by atoms with Crippen LogP contribution in [0.4, 0.5) is 0 Å². The van der Waals surface area contributed by atoms with Gasteiger partial charge in [-0.2, -0.15) is 5.10 Å². The minimum absolute atomic E-state index is 0.157. The smallest absolute Gasteiger partial charge is 0.173 e. The molecule has 0 fully saturated rings. The number of hydrogen-bond acceptors (Lipinski definition) is 3. The van der Waals surface area contributed by atoms with Crippen LogP contribution in [0.5, 0.6) is 0 Å². The first-order chi connectivity index (χ1) is 9.47. The van der Waals surface area contributed by atoms with E-state index < -0.39 is 0 Å². The molecule has 0 unspecified atom stereocenters. The summed E-state index contributed by atoms with van der Waals surface area (Å²) >= 11 is 1.53. The Balaban J connectivity index is 1.99. The molecule has 0 aliphatic rings. The molecule has 2 aromatic rings. The summed E-state index contributed by atoms with van der Waals surface area (Å²) in [6.07, 6.45) is 0. The summed E-state index contributed by atoms with van der Waals surface area (Å²) in [4.78, 5) is 12.2. The van der Waals surface area contributed by atoms with Crippen molar-refractivity contribution in [2.45, 2.75) is 31.7 Å². The van der Waals surface area contributed by atoms with E-state index in [0.29, 0.717) is 11.7 Å². The van der Waals surface area contributed by atoms with E-state index in [1.807, 2.05) is 49.0 Å². The maximum absolute atomic E-state index is 12.2. The van der Waals surface area contributed by atoms with Crippen LogP contribution in [0.2, 0.25) is 0 Å². The van der Waals surface area contributed by atoms with Gasteiger partial charge in [0, 0.05) is 12.6 Å². The second-order valence-electron chi connectivity index (χ2n) is 5.24. The average molecular weight is 288 g/mol. The van der Waals surface area contributed by atoms with Gasteiger partial charge in [-0.15, -0.1) is 0 Å². The Labute approximate surface area is 124 Å². The van der Waals surface area contributed by atoms with Gasteiger partial charge in [0.15, 0.2) is 5.78 Å². The lowest BCUT2D eigenvalue weighted by molar-refractivity contribution is 0.102. The Bertz CT molecular complexity index is 599. The predicted molar refractivity (Wildman–Crippen MR) is 83.5 cm³/mol. The van der Waals surface area contributed by atoms with E-state index in [9.17, 15) is 4.79 Å². The summed E-state index contributed by atoms with van der Waals surface area (Å²) in [5, 5.41) is 5.30. The number of rotatable bonds is 5. The molecule has 0 atom stereocenters. The summed E-state index contributed by atoms with van der Waals surface area (Å²) in [5.74, 6) is 1.09. The van der Waals surface area contributed by atoms with Crippen LogP contribution in [0.3, 0.4) is 0 Å². The molecule has 0 N–H and O–H groups in total. The van der Waals surface area contributed by atoms with Crippen molar-refractivity contribution in [3.63, 3.8) is 0 Å². The molecule has 4 heteroatoms. The molecule has 3 nitrogen and oxygen atoms in total.